The molecule has 0 saturated heterocycles. The van der Waals surface area contributed by atoms with Crippen LogP contribution in [0, 0.1) is 6.92 Å². The first kappa shape index (κ1) is 9.91. The highest BCUT2D eigenvalue weighted by Gasteiger charge is 2.07. The van der Waals surface area contributed by atoms with Crippen LogP contribution in [0.3, 0.4) is 0 Å². The van der Waals surface area contributed by atoms with Crippen molar-refractivity contribution in [2.24, 2.45) is 0 Å². The van der Waals surface area contributed by atoms with E-state index in [2.05, 4.69) is 14.8 Å². The smallest absolute Gasteiger partial charge is 0.250 e. The summed E-state index contributed by atoms with van der Waals surface area (Å²) in [6.07, 6.45) is 2.79. The maximum absolute atomic E-state index is 11.0. The van der Waals surface area contributed by atoms with E-state index < -0.39 is 10.0 Å². The molecule has 80 valence electrons. The largest absolute Gasteiger partial charge is 0.254 e. The minimum atomic E-state index is -3.33. The van der Waals surface area contributed by atoms with Crippen LogP contribution < -0.4 is 4.72 Å². The van der Waals surface area contributed by atoms with Crippen molar-refractivity contribution in [1.29, 1.82) is 0 Å². The molecule has 2 heterocycles. The van der Waals surface area contributed by atoms with Crippen molar-refractivity contribution < 1.29 is 8.42 Å². The first-order chi connectivity index (χ1) is 6.96. The number of aromatic nitrogens is 3. The third kappa shape index (κ3) is 2.07. The molecular weight excluding hydrogens is 216 g/mol. The molecule has 0 aromatic carbocycles. The Morgan fingerprint density at radius 2 is 2.20 bits per heavy atom. The third-order valence-corrected chi connectivity index (χ3v) is 2.40. The molecule has 2 aromatic rings. The number of aryl methyl sites for hydroxylation is 1. The van der Waals surface area contributed by atoms with Crippen LogP contribution >= 0.6 is 0 Å². The van der Waals surface area contributed by atoms with Crippen LogP contribution in [0.5, 0.6) is 0 Å². The normalized spacial score (nSPS) is 11.9. The SMILES string of the molecule is Cc1nc(NS(C)(=O)=O)nn2cccc12. The molecule has 0 aliphatic heterocycles. The highest BCUT2D eigenvalue weighted by Crippen LogP contribution is 2.10. The number of sulfonamides is 1. The van der Waals surface area contributed by atoms with Crippen LogP contribution in [0.2, 0.25) is 0 Å². The van der Waals surface area contributed by atoms with Gasteiger partial charge in [0.2, 0.25) is 10.0 Å². The molecule has 7 heteroatoms. The Labute approximate surface area is 87.0 Å². The highest BCUT2D eigenvalue weighted by atomic mass is 32.2. The van der Waals surface area contributed by atoms with Crippen molar-refractivity contribution >= 4 is 21.5 Å². The standard InChI is InChI=1S/C8H10N4O2S/c1-6-7-4-3-5-12(7)10-8(9-6)11-15(2,13)14/h3-5H,1-2H3,(H,10,11). The predicted octanol–water partition coefficient (Wildman–Crippen LogP) is 0.409. The van der Waals surface area contributed by atoms with Gasteiger partial charge in [0.05, 0.1) is 17.5 Å². The summed E-state index contributed by atoms with van der Waals surface area (Å²) in [5, 5.41) is 4.00. The number of nitrogens with zero attached hydrogens (tertiary/aromatic N) is 3. The second-order valence-electron chi connectivity index (χ2n) is 3.23. The topological polar surface area (TPSA) is 76.4 Å². The van der Waals surface area contributed by atoms with Gasteiger partial charge in [0, 0.05) is 6.20 Å². The summed E-state index contributed by atoms with van der Waals surface area (Å²) in [4.78, 5) is 4.04. The number of fused-ring (bicyclic) bond motifs is 1. The molecular formula is C8H10N4O2S. The van der Waals surface area contributed by atoms with Crippen LogP contribution in [-0.4, -0.2) is 29.3 Å². The molecule has 0 amide bonds. The predicted molar refractivity (Wildman–Crippen MR) is 56.2 cm³/mol. The molecule has 0 unspecified atom stereocenters. The van der Waals surface area contributed by atoms with E-state index >= 15 is 0 Å². The van der Waals surface area contributed by atoms with Gasteiger partial charge in [0.15, 0.2) is 0 Å². The van der Waals surface area contributed by atoms with Crippen molar-refractivity contribution in [2.45, 2.75) is 6.92 Å². The van der Waals surface area contributed by atoms with E-state index in [1.807, 2.05) is 12.1 Å². The van der Waals surface area contributed by atoms with E-state index in [1.54, 1.807) is 17.6 Å². The van der Waals surface area contributed by atoms with Crippen molar-refractivity contribution in [3.63, 3.8) is 0 Å². The summed E-state index contributed by atoms with van der Waals surface area (Å²) >= 11 is 0. The Bertz CT molecular complexity index is 602. The molecule has 2 rings (SSSR count). The Morgan fingerprint density at radius 3 is 2.87 bits per heavy atom. The molecule has 2 aromatic heterocycles. The molecule has 15 heavy (non-hydrogen) atoms. The van der Waals surface area contributed by atoms with Crippen molar-refractivity contribution in [3.05, 3.63) is 24.0 Å². The maximum atomic E-state index is 11.0. The molecule has 0 aliphatic rings. The van der Waals surface area contributed by atoms with Crippen LogP contribution in [0.25, 0.3) is 5.52 Å². The second-order valence-corrected chi connectivity index (χ2v) is 4.98. The van der Waals surface area contributed by atoms with Gasteiger partial charge in [0.25, 0.3) is 5.95 Å². The summed E-state index contributed by atoms with van der Waals surface area (Å²) in [5.74, 6) is 0.0821. The summed E-state index contributed by atoms with van der Waals surface area (Å²) in [6.45, 7) is 1.80. The zero-order valence-corrected chi connectivity index (χ0v) is 9.11. The van der Waals surface area contributed by atoms with Gasteiger partial charge in [-0.3, -0.25) is 4.72 Å². The van der Waals surface area contributed by atoms with Crippen molar-refractivity contribution in [3.8, 4) is 0 Å². The van der Waals surface area contributed by atoms with Crippen LogP contribution in [-0.2, 0) is 10.0 Å². The summed E-state index contributed by atoms with van der Waals surface area (Å²) in [5.41, 5.74) is 1.58. The lowest BCUT2D eigenvalue weighted by molar-refractivity contribution is 0.606. The fourth-order valence-electron chi connectivity index (χ4n) is 1.30. The number of anilines is 1. The highest BCUT2D eigenvalue weighted by molar-refractivity contribution is 7.91. The van der Waals surface area contributed by atoms with Crippen molar-refractivity contribution in [2.75, 3.05) is 11.0 Å². The summed E-state index contributed by atoms with van der Waals surface area (Å²) < 4.78 is 25.8. The zero-order valence-electron chi connectivity index (χ0n) is 8.30. The van der Waals surface area contributed by atoms with E-state index in [4.69, 9.17) is 0 Å². The Balaban J connectivity index is 2.54. The third-order valence-electron chi connectivity index (χ3n) is 1.85. The summed E-state index contributed by atoms with van der Waals surface area (Å²) in [7, 11) is -3.33. The quantitative estimate of drug-likeness (QED) is 0.804. The number of hydrogen-bond acceptors (Lipinski definition) is 4. The van der Waals surface area contributed by atoms with Gasteiger partial charge in [-0.15, -0.1) is 5.10 Å². The minimum Gasteiger partial charge on any atom is -0.250 e. The van der Waals surface area contributed by atoms with Gasteiger partial charge in [0.1, 0.15) is 0 Å². The van der Waals surface area contributed by atoms with E-state index in [-0.39, 0.29) is 5.95 Å². The van der Waals surface area contributed by atoms with Gasteiger partial charge in [-0.1, -0.05) is 0 Å². The fourth-order valence-corrected chi connectivity index (χ4v) is 1.71. The molecule has 0 fully saturated rings. The van der Waals surface area contributed by atoms with E-state index in [0.717, 1.165) is 17.5 Å². The van der Waals surface area contributed by atoms with Gasteiger partial charge >= 0.3 is 0 Å². The van der Waals surface area contributed by atoms with Gasteiger partial charge in [-0.2, -0.15) is 0 Å². The average molecular weight is 226 g/mol. The van der Waals surface area contributed by atoms with E-state index in [0.29, 0.717) is 0 Å². The lowest BCUT2D eigenvalue weighted by Gasteiger charge is -2.04. The second kappa shape index (κ2) is 3.20. The molecule has 0 radical (unpaired) electrons. The molecule has 0 atom stereocenters. The van der Waals surface area contributed by atoms with Crippen LogP contribution in [0.15, 0.2) is 18.3 Å². The zero-order chi connectivity index (χ0) is 11.1. The molecule has 6 nitrogen and oxygen atoms in total. The molecule has 0 saturated carbocycles. The van der Waals surface area contributed by atoms with Crippen LogP contribution in [0.1, 0.15) is 5.69 Å². The Morgan fingerprint density at radius 1 is 1.47 bits per heavy atom. The van der Waals surface area contributed by atoms with Crippen LogP contribution in [0.4, 0.5) is 5.95 Å². The minimum absolute atomic E-state index is 0.0821. The summed E-state index contributed by atoms with van der Waals surface area (Å²) in [6, 6.07) is 3.68. The maximum Gasteiger partial charge on any atom is 0.254 e. The molecule has 0 spiro atoms. The fraction of sp³-hybridized carbons (Fsp3) is 0.250. The number of hydrogen-bond donors (Lipinski definition) is 1. The van der Waals surface area contributed by atoms with E-state index in [1.165, 1.54) is 0 Å². The molecule has 0 aliphatic carbocycles. The average Bonchev–Trinajstić information content (AvgIpc) is 2.48. The number of rotatable bonds is 2. The first-order valence-corrected chi connectivity index (χ1v) is 6.15. The lowest BCUT2D eigenvalue weighted by atomic mass is 10.4. The lowest BCUT2D eigenvalue weighted by Crippen LogP contribution is -2.14. The van der Waals surface area contributed by atoms with Gasteiger partial charge < -0.3 is 0 Å². The Kier molecular flexibility index (Phi) is 2.11. The van der Waals surface area contributed by atoms with Gasteiger partial charge in [-0.25, -0.2) is 17.9 Å². The number of nitrogens with one attached hydrogen (secondary N) is 1. The van der Waals surface area contributed by atoms with Gasteiger partial charge in [-0.05, 0) is 19.1 Å². The first-order valence-electron chi connectivity index (χ1n) is 4.25. The monoisotopic (exact) mass is 226 g/mol. The van der Waals surface area contributed by atoms with E-state index in [9.17, 15) is 8.42 Å². The molecule has 1 N–H and O–H groups in total. The Hall–Kier alpha value is -1.63. The molecule has 0 bridgehead atoms. The van der Waals surface area contributed by atoms with Crippen molar-refractivity contribution in [1.82, 2.24) is 14.6 Å².